The van der Waals surface area contributed by atoms with E-state index in [1.807, 2.05) is 12.1 Å². The molecule has 0 bridgehead atoms. The number of rotatable bonds is 1. The summed E-state index contributed by atoms with van der Waals surface area (Å²) in [7, 11) is 0. The van der Waals surface area contributed by atoms with E-state index in [-0.39, 0.29) is 22.5 Å². The molecule has 0 aliphatic carbocycles. The Morgan fingerprint density at radius 1 is 1.18 bits per heavy atom. The van der Waals surface area contributed by atoms with Gasteiger partial charge in [-0.1, -0.05) is 12.1 Å². The lowest BCUT2D eigenvalue weighted by Crippen LogP contribution is -2.26. The van der Waals surface area contributed by atoms with Gasteiger partial charge in [0.05, 0.1) is 5.52 Å². The van der Waals surface area contributed by atoms with Crippen LogP contribution in [0.25, 0.3) is 22.0 Å². The summed E-state index contributed by atoms with van der Waals surface area (Å²) in [6.07, 6.45) is 0.975. The van der Waals surface area contributed by atoms with E-state index in [0.717, 1.165) is 0 Å². The van der Waals surface area contributed by atoms with Crippen molar-refractivity contribution in [3.8, 4) is 23.3 Å². The number of nitrogens with zero attached hydrogens (tertiary/aromatic N) is 3. The van der Waals surface area contributed by atoms with Crippen LogP contribution in [0.3, 0.4) is 0 Å². The number of hydrogen-bond acceptors (Lipinski definition) is 6. The number of carbonyl (C=O) groups excluding carboxylic acids is 1. The van der Waals surface area contributed by atoms with Crippen LogP contribution in [-0.4, -0.2) is 21.2 Å². The van der Waals surface area contributed by atoms with Crippen LogP contribution in [0.2, 0.25) is 0 Å². The molecule has 0 unspecified atom stereocenters. The quantitative estimate of drug-likeness (QED) is 0.670. The molecule has 0 amide bonds. The zero-order valence-corrected chi connectivity index (χ0v) is 15.5. The number of hydrogen-bond donors (Lipinski definition) is 2. The lowest BCUT2D eigenvalue weighted by atomic mass is 9.94. The predicted molar refractivity (Wildman–Crippen MR) is 103 cm³/mol. The average molecular weight is 375 g/mol. The summed E-state index contributed by atoms with van der Waals surface area (Å²) in [6, 6.07) is 10.5. The van der Waals surface area contributed by atoms with Gasteiger partial charge in [-0.15, -0.1) is 0 Å². The number of ether oxygens (including phenoxy) is 1. The second kappa shape index (κ2) is 6.60. The Kier molecular flexibility index (Phi) is 4.42. The van der Waals surface area contributed by atoms with Gasteiger partial charge in [0.2, 0.25) is 0 Å². The van der Waals surface area contributed by atoms with Crippen molar-refractivity contribution in [2.24, 2.45) is 0 Å². The molecular formula is C20H17N5O3. The molecule has 0 saturated heterocycles. The topological polar surface area (TPSA) is 138 Å². The van der Waals surface area contributed by atoms with Gasteiger partial charge in [0.1, 0.15) is 34.7 Å². The van der Waals surface area contributed by atoms with Gasteiger partial charge in [-0.25, -0.2) is 4.79 Å². The van der Waals surface area contributed by atoms with Gasteiger partial charge in [-0.3, -0.25) is 9.36 Å². The van der Waals surface area contributed by atoms with Gasteiger partial charge in [0.15, 0.2) is 0 Å². The van der Waals surface area contributed by atoms with Crippen LogP contribution in [0, 0.1) is 22.7 Å². The Morgan fingerprint density at radius 2 is 1.86 bits per heavy atom. The second-order valence-corrected chi connectivity index (χ2v) is 7.12. The predicted octanol–water partition coefficient (Wildman–Crippen LogP) is 3.11. The highest BCUT2D eigenvalue weighted by Crippen LogP contribution is 2.34. The maximum Gasteiger partial charge on any atom is 0.418 e. The molecule has 3 aromatic rings. The number of nitrogens with one attached hydrogen (secondary N) is 1. The molecule has 0 aliphatic heterocycles. The lowest BCUT2D eigenvalue weighted by Gasteiger charge is -2.19. The van der Waals surface area contributed by atoms with E-state index < -0.39 is 17.3 Å². The molecule has 140 valence electrons. The second-order valence-electron chi connectivity index (χ2n) is 7.12. The standard InChI is InChI=1S/C20H17N5O3/c1-20(2,3)28-19(27)25-8-7-11-12(5-4-6-15(11)25)16-13(9-21)17(23)24-18(26)14(16)10-22/h4-8H,1-3H3,(H3,23,24,26). The largest absolute Gasteiger partial charge is 0.443 e. The van der Waals surface area contributed by atoms with Crippen molar-refractivity contribution in [2.75, 3.05) is 5.73 Å². The average Bonchev–Trinajstić information content (AvgIpc) is 3.04. The molecule has 0 spiro atoms. The number of nitriles is 2. The van der Waals surface area contributed by atoms with Crippen molar-refractivity contribution in [1.29, 1.82) is 10.5 Å². The number of H-pyrrole nitrogens is 1. The number of fused-ring (bicyclic) bond motifs is 1. The smallest absolute Gasteiger partial charge is 0.418 e. The molecule has 0 saturated carbocycles. The Morgan fingerprint density at radius 3 is 2.46 bits per heavy atom. The van der Waals surface area contributed by atoms with E-state index in [9.17, 15) is 20.1 Å². The number of aromatic nitrogens is 2. The van der Waals surface area contributed by atoms with E-state index in [1.54, 1.807) is 45.0 Å². The number of nitrogen functional groups attached to an aromatic ring is 1. The van der Waals surface area contributed by atoms with E-state index in [2.05, 4.69) is 4.98 Å². The first-order valence-electron chi connectivity index (χ1n) is 8.37. The first-order chi connectivity index (χ1) is 13.2. The number of carbonyl (C=O) groups is 1. The molecule has 0 atom stereocenters. The molecule has 0 aliphatic rings. The van der Waals surface area contributed by atoms with E-state index in [1.165, 1.54) is 10.8 Å². The third kappa shape index (κ3) is 3.08. The number of pyridine rings is 1. The molecule has 8 heteroatoms. The summed E-state index contributed by atoms with van der Waals surface area (Å²) in [4.78, 5) is 27.0. The van der Waals surface area contributed by atoms with E-state index in [0.29, 0.717) is 16.5 Å². The first kappa shape index (κ1) is 18.7. The van der Waals surface area contributed by atoms with Gasteiger partial charge in [-0.05, 0) is 38.5 Å². The number of aromatic amines is 1. The SMILES string of the molecule is CC(C)(C)OC(=O)n1ccc2c(-c3c(C#N)c(N)[nH]c(=O)c3C#N)cccc21. The molecule has 8 nitrogen and oxygen atoms in total. The summed E-state index contributed by atoms with van der Waals surface area (Å²) >= 11 is 0. The van der Waals surface area contributed by atoms with Crippen LogP contribution in [0.1, 0.15) is 31.9 Å². The molecule has 1 aromatic carbocycles. The van der Waals surface area contributed by atoms with Gasteiger partial charge in [-0.2, -0.15) is 10.5 Å². The zero-order chi connectivity index (χ0) is 20.6. The van der Waals surface area contributed by atoms with Crippen LogP contribution in [-0.2, 0) is 4.74 Å². The third-order valence-corrected chi connectivity index (χ3v) is 4.06. The Hall–Kier alpha value is -4.04. The van der Waals surface area contributed by atoms with Crippen LogP contribution >= 0.6 is 0 Å². The Labute approximate surface area is 160 Å². The van der Waals surface area contributed by atoms with Crippen molar-refractivity contribution in [3.05, 3.63) is 51.9 Å². The highest BCUT2D eigenvalue weighted by Gasteiger charge is 2.23. The van der Waals surface area contributed by atoms with Crippen molar-refractivity contribution < 1.29 is 9.53 Å². The summed E-state index contributed by atoms with van der Waals surface area (Å²) in [5, 5.41) is 19.6. The third-order valence-electron chi connectivity index (χ3n) is 4.06. The summed E-state index contributed by atoms with van der Waals surface area (Å²) < 4.78 is 6.74. The maximum absolute atomic E-state index is 12.5. The van der Waals surface area contributed by atoms with Crippen molar-refractivity contribution in [2.45, 2.75) is 26.4 Å². The van der Waals surface area contributed by atoms with Crippen molar-refractivity contribution in [3.63, 3.8) is 0 Å². The summed E-state index contributed by atoms with van der Waals surface area (Å²) in [5.74, 6) is -0.120. The number of benzene rings is 1. The van der Waals surface area contributed by atoms with Crippen molar-refractivity contribution >= 4 is 22.8 Å². The molecule has 3 N–H and O–H groups in total. The zero-order valence-electron chi connectivity index (χ0n) is 15.5. The minimum atomic E-state index is -0.683. The van der Waals surface area contributed by atoms with Gasteiger partial charge in [0.25, 0.3) is 5.56 Å². The van der Waals surface area contributed by atoms with Gasteiger partial charge < -0.3 is 15.5 Å². The molecule has 0 radical (unpaired) electrons. The monoisotopic (exact) mass is 375 g/mol. The highest BCUT2D eigenvalue weighted by molar-refractivity contribution is 6.01. The van der Waals surface area contributed by atoms with Crippen LogP contribution in [0.4, 0.5) is 10.6 Å². The fourth-order valence-electron chi connectivity index (χ4n) is 2.97. The highest BCUT2D eigenvalue weighted by atomic mass is 16.6. The van der Waals surface area contributed by atoms with Crippen molar-refractivity contribution in [1.82, 2.24) is 9.55 Å². The Balaban J connectivity index is 2.32. The fraction of sp³-hybridized carbons (Fsp3) is 0.200. The number of anilines is 1. The molecular weight excluding hydrogens is 358 g/mol. The maximum atomic E-state index is 12.5. The van der Waals surface area contributed by atoms with E-state index in [4.69, 9.17) is 10.5 Å². The lowest BCUT2D eigenvalue weighted by molar-refractivity contribution is 0.0544. The van der Waals surface area contributed by atoms with Crippen LogP contribution in [0.5, 0.6) is 0 Å². The minimum absolute atomic E-state index is 0.00586. The van der Waals surface area contributed by atoms with Gasteiger partial charge in [0, 0.05) is 17.1 Å². The first-order valence-corrected chi connectivity index (χ1v) is 8.37. The van der Waals surface area contributed by atoms with Crippen LogP contribution < -0.4 is 11.3 Å². The molecule has 3 rings (SSSR count). The normalized spacial score (nSPS) is 11.0. The van der Waals surface area contributed by atoms with Gasteiger partial charge >= 0.3 is 6.09 Å². The minimum Gasteiger partial charge on any atom is -0.443 e. The summed E-state index contributed by atoms with van der Waals surface area (Å²) in [5.41, 5.74) is 5.31. The molecule has 0 fully saturated rings. The molecule has 2 aromatic heterocycles. The molecule has 28 heavy (non-hydrogen) atoms. The summed E-state index contributed by atoms with van der Waals surface area (Å²) in [6.45, 7) is 5.29. The molecule has 2 heterocycles. The Bertz CT molecular complexity index is 1250. The van der Waals surface area contributed by atoms with Crippen LogP contribution in [0.15, 0.2) is 35.3 Å². The number of nitrogens with two attached hydrogens (primary N) is 1. The van der Waals surface area contributed by atoms with E-state index >= 15 is 0 Å². The fourth-order valence-corrected chi connectivity index (χ4v) is 2.97.